The minimum atomic E-state index is -0.110. The van der Waals surface area contributed by atoms with Crippen molar-refractivity contribution in [2.75, 3.05) is 44.2 Å². The van der Waals surface area contributed by atoms with Crippen molar-refractivity contribution in [2.24, 2.45) is 5.92 Å². The fourth-order valence-electron chi connectivity index (χ4n) is 4.61. The Morgan fingerprint density at radius 1 is 0.968 bits per heavy atom. The minimum Gasteiger partial charge on any atom is -0.353 e. The van der Waals surface area contributed by atoms with Gasteiger partial charge in [-0.3, -0.25) is 9.59 Å². The van der Waals surface area contributed by atoms with Crippen LogP contribution in [0.25, 0.3) is 0 Å². The number of amides is 2. The van der Waals surface area contributed by atoms with Gasteiger partial charge in [0, 0.05) is 55.5 Å². The summed E-state index contributed by atoms with van der Waals surface area (Å²) in [4.78, 5) is 36.8. The van der Waals surface area contributed by atoms with E-state index in [0.29, 0.717) is 19.6 Å². The van der Waals surface area contributed by atoms with Crippen LogP contribution in [0.15, 0.2) is 41.0 Å². The van der Waals surface area contributed by atoms with Crippen LogP contribution in [-0.4, -0.2) is 65.9 Å². The molecule has 0 aliphatic carbocycles. The highest BCUT2D eigenvalue weighted by Gasteiger charge is 2.33. The van der Waals surface area contributed by atoms with Crippen molar-refractivity contribution >= 4 is 33.6 Å². The third kappa shape index (κ3) is 5.09. The SMILES string of the molecule is Cc1cc(C)cc(C(=O)N2CCCC(C(=O)N3CCN(c4ccc(Br)cn4)CC3)C2)c1. The molecule has 1 atom stereocenters. The van der Waals surface area contributed by atoms with Crippen LogP contribution >= 0.6 is 15.9 Å². The largest absolute Gasteiger partial charge is 0.353 e. The maximum atomic E-state index is 13.2. The number of aryl methyl sites for hydroxylation is 2. The molecule has 2 saturated heterocycles. The number of carbonyl (C=O) groups excluding carboxylic acids is 2. The van der Waals surface area contributed by atoms with Crippen molar-refractivity contribution in [3.63, 3.8) is 0 Å². The zero-order valence-electron chi connectivity index (χ0n) is 18.2. The minimum absolute atomic E-state index is 0.0374. The zero-order chi connectivity index (χ0) is 22.0. The number of halogens is 1. The van der Waals surface area contributed by atoms with Crippen molar-refractivity contribution in [1.29, 1.82) is 0 Å². The van der Waals surface area contributed by atoms with E-state index in [2.05, 4.69) is 31.9 Å². The average Bonchev–Trinajstić information content (AvgIpc) is 2.78. The Hall–Kier alpha value is -2.41. The van der Waals surface area contributed by atoms with Crippen LogP contribution in [0.1, 0.15) is 34.3 Å². The van der Waals surface area contributed by atoms with E-state index >= 15 is 0 Å². The number of anilines is 1. The predicted octanol–water partition coefficient (Wildman–Crippen LogP) is 3.66. The van der Waals surface area contributed by atoms with E-state index in [4.69, 9.17) is 0 Å². The van der Waals surface area contributed by atoms with Crippen LogP contribution in [0, 0.1) is 19.8 Å². The summed E-state index contributed by atoms with van der Waals surface area (Å²) >= 11 is 3.42. The topological polar surface area (TPSA) is 56.8 Å². The number of likely N-dealkylation sites (tertiary alicyclic amines) is 1. The van der Waals surface area contributed by atoms with E-state index in [-0.39, 0.29) is 17.7 Å². The number of benzene rings is 1. The molecule has 6 nitrogen and oxygen atoms in total. The van der Waals surface area contributed by atoms with Gasteiger partial charge in [-0.25, -0.2) is 4.98 Å². The van der Waals surface area contributed by atoms with Crippen LogP contribution in [0.5, 0.6) is 0 Å². The van der Waals surface area contributed by atoms with Crippen molar-refractivity contribution in [2.45, 2.75) is 26.7 Å². The van der Waals surface area contributed by atoms with Crippen LogP contribution in [0.4, 0.5) is 5.82 Å². The maximum Gasteiger partial charge on any atom is 0.253 e. The summed E-state index contributed by atoms with van der Waals surface area (Å²) < 4.78 is 0.960. The van der Waals surface area contributed by atoms with Gasteiger partial charge < -0.3 is 14.7 Å². The molecule has 2 aliphatic rings. The quantitative estimate of drug-likeness (QED) is 0.666. The Kier molecular flexibility index (Phi) is 6.60. The molecule has 3 heterocycles. The van der Waals surface area contributed by atoms with Crippen molar-refractivity contribution in [3.05, 3.63) is 57.7 Å². The number of aromatic nitrogens is 1. The molecule has 4 rings (SSSR count). The molecule has 1 aromatic carbocycles. The molecule has 164 valence electrons. The van der Waals surface area contributed by atoms with Crippen LogP contribution in [0.2, 0.25) is 0 Å². The third-order valence-electron chi connectivity index (χ3n) is 6.15. The summed E-state index contributed by atoms with van der Waals surface area (Å²) in [6.45, 7) is 8.19. The lowest BCUT2D eigenvalue weighted by atomic mass is 9.95. The lowest BCUT2D eigenvalue weighted by Gasteiger charge is -2.39. The Balaban J connectivity index is 1.35. The van der Waals surface area contributed by atoms with Gasteiger partial charge in [0.25, 0.3) is 5.91 Å². The maximum absolute atomic E-state index is 13.2. The number of hydrogen-bond donors (Lipinski definition) is 0. The molecule has 2 amide bonds. The van der Waals surface area contributed by atoms with Crippen LogP contribution < -0.4 is 4.90 Å². The summed E-state index contributed by atoms with van der Waals surface area (Å²) in [6.07, 6.45) is 3.52. The third-order valence-corrected chi connectivity index (χ3v) is 6.62. The number of piperidine rings is 1. The second-order valence-electron chi connectivity index (χ2n) is 8.61. The molecule has 2 fully saturated rings. The van der Waals surface area contributed by atoms with Gasteiger partial charge in [0.05, 0.1) is 5.92 Å². The second kappa shape index (κ2) is 9.39. The highest BCUT2D eigenvalue weighted by Crippen LogP contribution is 2.23. The molecule has 31 heavy (non-hydrogen) atoms. The molecule has 0 N–H and O–H groups in total. The van der Waals surface area contributed by atoms with Gasteiger partial charge in [-0.1, -0.05) is 17.2 Å². The summed E-state index contributed by atoms with van der Waals surface area (Å²) in [5.41, 5.74) is 2.90. The molecule has 0 spiro atoms. The number of carbonyl (C=O) groups is 2. The molecule has 2 aliphatic heterocycles. The van der Waals surface area contributed by atoms with E-state index in [1.54, 1.807) is 6.20 Å². The lowest BCUT2D eigenvalue weighted by molar-refractivity contribution is -0.137. The Morgan fingerprint density at radius 2 is 1.68 bits per heavy atom. The first-order chi connectivity index (χ1) is 14.9. The van der Waals surface area contributed by atoms with Gasteiger partial charge >= 0.3 is 0 Å². The van der Waals surface area contributed by atoms with Gasteiger partial charge in [-0.05, 0) is 66.9 Å². The monoisotopic (exact) mass is 484 g/mol. The summed E-state index contributed by atoms with van der Waals surface area (Å²) in [6, 6.07) is 9.94. The van der Waals surface area contributed by atoms with Gasteiger partial charge in [0.2, 0.25) is 5.91 Å². The summed E-state index contributed by atoms with van der Waals surface area (Å²) in [5, 5.41) is 0. The van der Waals surface area contributed by atoms with Crippen molar-refractivity contribution < 1.29 is 9.59 Å². The Bertz CT molecular complexity index is 934. The number of nitrogens with zero attached hydrogens (tertiary/aromatic N) is 4. The molecule has 0 radical (unpaired) electrons. The number of rotatable bonds is 3. The van der Waals surface area contributed by atoms with Crippen LogP contribution in [0.3, 0.4) is 0 Å². The molecule has 7 heteroatoms. The zero-order valence-corrected chi connectivity index (χ0v) is 19.8. The van der Waals surface area contributed by atoms with Gasteiger partial charge in [-0.15, -0.1) is 0 Å². The second-order valence-corrected chi connectivity index (χ2v) is 9.53. The van der Waals surface area contributed by atoms with Gasteiger partial charge in [-0.2, -0.15) is 0 Å². The Morgan fingerprint density at radius 3 is 2.32 bits per heavy atom. The first kappa shape index (κ1) is 21.8. The molecule has 2 aromatic rings. The first-order valence-electron chi connectivity index (χ1n) is 10.9. The van der Waals surface area contributed by atoms with E-state index in [0.717, 1.165) is 59.5 Å². The molecule has 0 saturated carbocycles. The van der Waals surface area contributed by atoms with Crippen LogP contribution in [-0.2, 0) is 4.79 Å². The number of pyridine rings is 1. The van der Waals surface area contributed by atoms with Crippen molar-refractivity contribution in [3.8, 4) is 0 Å². The number of piperazine rings is 1. The summed E-state index contributed by atoms with van der Waals surface area (Å²) in [7, 11) is 0. The van der Waals surface area contributed by atoms with Crippen molar-refractivity contribution in [1.82, 2.24) is 14.8 Å². The first-order valence-corrected chi connectivity index (χ1v) is 11.7. The molecule has 1 unspecified atom stereocenters. The Labute approximate surface area is 192 Å². The lowest BCUT2D eigenvalue weighted by Crippen LogP contribution is -2.53. The molecular weight excluding hydrogens is 456 g/mol. The smallest absolute Gasteiger partial charge is 0.253 e. The number of hydrogen-bond acceptors (Lipinski definition) is 4. The summed E-state index contributed by atoms with van der Waals surface area (Å²) in [5.74, 6) is 1.05. The highest BCUT2D eigenvalue weighted by molar-refractivity contribution is 9.10. The van der Waals surface area contributed by atoms with Gasteiger partial charge in [0.1, 0.15) is 5.82 Å². The normalized spacial score (nSPS) is 19.5. The predicted molar refractivity (Wildman–Crippen MR) is 125 cm³/mol. The van der Waals surface area contributed by atoms with E-state index in [9.17, 15) is 9.59 Å². The molecule has 1 aromatic heterocycles. The van der Waals surface area contributed by atoms with Gasteiger partial charge in [0.15, 0.2) is 0 Å². The van der Waals surface area contributed by atoms with E-state index in [1.165, 1.54) is 0 Å². The molecule has 0 bridgehead atoms. The highest BCUT2D eigenvalue weighted by atomic mass is 79.9. The fraction of sp³-hybridized carbons (Fsp3) is 0.458. The molecular formula is C24H29BrN4O2. The standard InChI is InChI=1S/C24H29BrN4O2/c1-17-12-18(2)14-20(13-17)24(31)29-7-3-4-19(16-29)23(30)28-10-8-27(9-11-28)22-6-5-21(25)15-26-22/h5-6,12-15,19H,3-4,7-11,16H2,1-2H3. The fourth-order valence-corrected chi connectivity index (χ4v) is 4.85. The van der Waals surface area contributed by atoms with E-state index in [1.807, 2.05) is 47.9 Å². The average molecular weight is 485 g/mol. The van der Waals surface area contributed by atoms with E-state index < -0.39 is 0 Å².